The van der Waals surface area contributed by atoms with Crippen molar-refractivity contribution in [2.45, 2.75) is 18.9 Å². The largest absolute Gasteiger partial charge is 0.324 e. The van der Waals surface area contributed by atoms with Gasteiger partial charge in [0.25, 0.3) is 0 Å². The molecule has 1 amide bonds. The average molecular weight is 466 g/mol. The van der Waals surface area contributed by atoms with Gasteiger partial charge >= 0.3 is 0 Å². The van der Waals surface area contributed by atoms with Gasteiger partial charge in [-0.05, 0) is 47.4 Å². The Morgan fingerprint density at radius 2 is 1.63 bits per heavy atom. The van der Waals surface area contributed by atoms with Gasteiger partial charge in [0.05, 0.1) is 23.0 Å². The lowest BCUT2D eigenvalue weighted by atomic mass is 9.98. The van der Waals surface area contributed by atoms with E-state index in [1.807, 2.05) is 73.7 Å². The molecule has 2 N–H and O–H groups in total. The monoisotopic (exact) mass is 465 g/mol. The smallest absolute Gasteiger partial charge is 0.246 e. The lowest BCUT2D eigenvalue weighted by Crippen LogP contribution is -2.35. The van der Waals surface area contributed by atoms with Gasteiger partial charge in [0.15, 0.2) is 11.8 Å². The van der Waals surface area contributed by atoms with Crippen LogP contribution in [0.15, 0.2) is 78.6 Å². The Balaban J connectivity index is 1.52. The van der Waals surface area contributed by atoms with E-state index in [2.05, 4.69) is 23.6 Å². The molecule has 3 aromatic carbocycles. The molecule has 0 saturated carbocycles. The van der Waals surface area contributed by atoms with Crippen LogP contribution in [-0.4, -0.2) is 32.5 Å². The molecule has 0 spiro atoms. The van der Waals surface area contributed by atoms with Gasteiger partial charge in [-0.15, -0.1) is 0 Å². The minimum absolute atomic E-state index is 0.138. The maximum atomic E-state index is 13.4. The molecule has 3 aromatic rings. The summed E-state index contributed by atoms with van der Waals surface area (Å²) in [7, 11) is 3.61. The van der Waals surface area contributed by atoms with Crippen molar-refractivity contribution in [1.82, 2.24) is 5.32 Å². The van der Waals surface area contributed by atoms with Gasteiger partial charge in [-0.25, -0.2) is 4.79 Å². The Kier molecular flexibility index (Phi) is 6.98. The number of nitrogens with one attached hydrogen (secondary N) is 2. The summed E-state index contributed by atoms with van der Waals surface area (Å²) in [6.07, 6.45) is 0. The lowest BCUT2D eigenvalue weighted by Gasteiger charge is -2.22. The zero-order chi connectivity index (χ0) is 24.9. The Hall–Kier alpha value is -4.37. The molecule has 7 nitrogen and oxygen atoms in total. The van der Waals surface area contributed by atoms with Gasteiger partial charge < -0.3 is 20.4 Å². The zero-order valence-electron chi connectivity index (χ0n) is 19.9. The molecule has 35 heavy (non-hydrogen) atoms. The first kappa shape index (κ1) is 23.8. The summed E-state index contributed by atoms with van der Waals surface area (Å²) in [6.45, 7) is 2.66. The number of carbonyl (C=O) groups excluding carboxylic acids is 2. The number of benzene rings is 3. The Bertz CT molecular complexity index is 1310. The highest BCUT2D eigenvalue weighted by Crippen LogP contribution is 2.40. The molecule has 0 radical (unpaired) electrons. The molecule has 2 atom stereocenters. The molecule has 1 unspecified atom stereocenters. The van der Waals surface area contributed by atoms with Crippen LogP contribution in [0.2, 0.25) is 0 Å². The van der Waals surface area contributed by atoms with Crippen LogP contribution in [0.5, 0.6) is 0 Å². The standard InChI is InChI=1S/C28H27N5O2/c1-19(21-11-9-20(16-29)10-12-21)17-30-27(22-7-5-4-6-8-22)28(35)31-23-13-14-24-25(15-23)33(3)26(18-34)32(24)2/h4-15,19,27,30H,17H2,1-3H3,(H,31,35)/t19-,27?/m1/s1. The molecule has 0 fully saturated rings. The van der Waals surface area contributed by atoms with Crippen molar-refractivity contribution >= 4 is 28.9 Å². The van der Waals surface area contributed by atoms with Crippen LogP contribution in [0.3, 0.4) is 0 Å². The van der Waals surface area contributed by atoms with E-state index in [0.717, 1.165) is 22.5 Å². The summed E-state index contributed by atoms with van der Waals surface area (Å²) in [4.78, 5) is 28.3. The van der Waals surface area contributed by atoms with Crippen LogP contribution in [0.25, 0.3) is 0 Å². The third kappa shape index (κ3) is 4.95. The van der Waals surface area contributed by atoms with Gasteiger partial charge in [0, 0.05) is 26.3 Å². The fourth-order valence-corrected chi connectivity index (χ4v) is 4.26. The van der Waals surface area contributed by atoms with E-state index in [-0.39, 0.29) is 11.8 Å². The highest BCUT2D eigenvalue weighted by atomic mass is 16.2. The van der Waals surface area contributed by atoms with E-state index in [1.54, 1.807) is 29.0 Å². The van der Waals surface area contributed by atoms with Crippen LogP contribution in [0, 0.1) is 11.3 Å². The van der Waals surface area contributed by atoms with Gasteiger partial charge in [-0.2, -0.15) is 5.26 Å². The molecule has 1 aliphatic rings. The minimum atomic E-state index is -0.559. The quantitative estimate of drug-likeness (QED) is 0.509. The molecule has 176 valence electrons. The molecule has 1 aliphatic heterocycles. The summed E-state index contributed by atoms with van der Waals surface area (Å²) < 4.78 is 0. The summed E-state index contributed by atoms with van der Waals surface area (Å²) in [6, 6.07) is 24.2. The summed E-state index contributed by atoms with van der Waals surface area (Å²) in [5, 5.41) is 15.5. The normalized spacial score (nSPS) is 14.1. The van der Waals surface area contributed by atoms with Gasteiger partial charge in [0.1, 0.15) is 6.04 Å². The minimum Gasteiger partial charge on any atom is -0.324 e. The Labute approximate surface area is 205 Å². The molecule has 7 heteroatoms. The van der Waals surface area contributed by atoms with E-state index in [9.17, 15) is 9.59 Å². The van der Waals surface area contributed by atoms with Crippen LogP contribution < -0.4 is 20.4 Å². The number of rotatable bonds is 7. The van der Waals surface area contributed by atoms with Crippen molar-refractivity contribution < 1.29 is 9.59 Å². The third-order valence-electron chi connectivity index (χ3n) is 6.32. The highest BCUT2D eigenvalue weighted by molar-refractivity contribution is 5.97. The number of carbonyl (C=O) groups is 1. The first-order chi connectivity index (χ1) is 16.9. The van der Waals surface area contributed by atoms with Crippen molar-refractivity contribution in [2.24, 2.45) is 0 Å². The fourth-order valence-electron chi connectivity index (χ4n) is 4.26. The van der Waals surface area contributed by atoms with E-state index in [0.29, 0.717) is 23.6 Å². The van der Waals surface area contributed by atoms with E-state index in [1.165, 1.54) is 0 Å². The Morgan fingerprint density at radius 3 is 2.29 bits per heavy atom. The van der Waals surface area contributed by atoms with Crippen molar-refractivity contribution in [3.05, 3.63) is 95.3 Å². The average Bonchev–Trinajstić information content (AvgIpc) is 3.13. The van der Waals surface area contributed by atoms with Crippen molar-refractivity contribution in [3.63, 3.8) is 0 Å². The zero-order valence-corrected chi connectivity index (χ0v) is 19.9. The number of hydrogen-bond donors (Lipinski definition) is 2. The van der Waals surface area contributed by atoms with Crippen molar-refractivity contribution in [2.75, 3.05) is 35.8 Å². The van der Waals surface area contributed by atoms with E-state index >= 15 is 0 Å². The van der Waals surface area contributed by atoms with E-state index in [4.69, 9.17) is 5.26 Å². The topological polar surface area (TPSA) is 88.5 Å². The summed E-state index contributed by atoms with van der Waals surface area (Å²) in [5.74, 6) is 2.34. The first-order valence-corrected chi connectivity index (χ1v) is 11.4. The maximum Gasteiger partial charge on any atom is 0.246 e. The van der Waals surface area contributed by atoms with Crippen LogP contribution >= 0.6 is 0 Å². The van der Waals surface area contributed by atoms with E-state index < -0.39 is 6.04 Å². The predicted molar refractivity (Wildman–Crippen MR) is 138 cm³/mol. The molecule has 0 aromatic heterocycles. The predicted octanol–water partition coefficient (Wildman–Crippen LogP) is 4.19. The highest BCUT2D eigenvalue weighted by Gasteiger charge is 2.28. The first-order valence-electron chi connectivity index (χ1n) is 11.4. The molecule has 0 aliphatic carbocycles. The number of nitrogens with zero attached hydrogens (tertiary/aromatic N) is 3. The number of nitriles is 1. The van der Waals surface area contributed by atoms with Gasteiger partial charge in [-0.3, -0.25) is 4.79 Å². The van der Waals surface area contributed by atoms with Crippen molar-refractivity contribution in [1.29, 1.82) is 5.26 Å². The molecule has 4 rings (SSSR count). The van der Waals surface area contributed by atoms with Crippen LogP contribution in [0.1, 0.15) is 35.6 Å². The fraction of sp³-hybridized carbons (Fsp3) is 0.214. The molecule has 0 bridgehead atoms. The molecule has 0 saturated heterocycles. The summed E-state index contributed by atoms with van der Waals surface area (Å²) in [5.41, 5.74) is 4.91. The third-order valence-corrected chi connectivity index (χ3v) is 6.32. The summed E-state index contributed by atoms with van der Waals surface area (Å²) >= 11 is 0. The number of amides is 1. The Morgan fingerprint density at radius 1 is 0.943 bits per heavy atom. The maximum absolute atomic E-state index is 13.4. The SMILES string of the molecule is C[C@H](CNC(C(=O)Nc1ccc2c(c1)N(C)C(=C=O)N2C)c1ccccc1)c1ccc(C#N)cc1. The van der Waals surface area contributed by atoms with Crippen LogP contribution in [0.4, 0.5) is 17.1 Å². The molecular formula is C28H27N5O2. The second-order valence-electron chi connectivity index (χ2n) is 8.62. The number of fused-ring (bicyclic) bond motifs is 1. The number of anilines is 3. The van der Waals surface area contributed by atoms with Gasteiger partial charge in [0.2, 0.25) is 5.91 Å². The second-order valence-corrected chi connectivity index (χ2v) is 8.62. The number of hydrogen-bond acceptors (Lipinski definition) is 6. The second kappa shape index (κ2) is 10.3. The van der Waals surface area contributed by atoms with Gasteiger partial charge in [-0.1, -0.05) is 49.4 Å². The molecular weight excluding hydrogens is 438 g/mol. The molecule has 1 heterocycles. The van der Waals surface area contributed by atoms with Crippen molar-refractivity contribution in [3.8, 4) is 6.07 Å². The van der Waals surface area contributed by atoms with Crippen LogP contribution in [-0.2, 0) is 9.59 Å². The lowest BCUT2D eigenvalue weighted by molar-refractivity contribution is -0.118.